The van der Waals surface area contributed by atoms with E-state index in [1.54, 1.807) is 6.92 Å². The van der Waals surface area contributed by atoms with Gasteiger partial charge in [-0.25, -0.2) is 0 Å². The van der Waals surface area contributed by atoms with Crippen molar-refractivity contribution in [3.05, 3.63) is 35.4 Å². The standard InChI is InChI=1S/C18H29NO2/c1-13(2)10-19(11-14(3)4)12-16-6-8-17(9-7-16)15(5)18(20)21/h6-9,13-15H,10-12H2,1-5H3,(H,20,21). The number of carbonyl (C=O) groups is 1. The molecule has 1 aromatic carbocycles. The first-order valence-electron chi connectivity index (χ1n) is 7.83. The fourth-order valence-corrected chi connectivity index (χ4v) is 2.55. The molecule has 0 radical (unpaired) electrons. The average molecular weight is 291 g/mol. The molecule has 1 atom stereocenters. The quantitative estimate of drug-likeness (QED) is 0.787. The molecule has 1 unspecified atom stereocenters. The van der Waals surface area contributed by atoms with Crippen LogP contribution in [0.2, 0.25) is 0 Å². The van der Waals surface area contributed by atoms with Crippen LogP contribution in [0.3, 0.4) is 0 Å². The molecule has 0 heterocycles. The van der Waals surface area contributed by atoms with Crippen molar-refractivity contribution in [1.29, 1.82) is 0 Å². The van der Waals surface area contributed by atoms with Crippen LogP contribution in [0.1, 0.15) is 51.7 Å². The molecule has 118 valence electrons. The Morgan fingerprint density at radius 1 is 1.00 bits per heavy atom. The summed E-state index contributed by atoms with van der Waals surface area (Å²) in [6.07, 6.45) is 0. The van der Waals surface area contributed by atoms with Gasteiger partial charge in [0.05, 0.1) is 5.92 Å². The Labute approximate surface area is 129 Å². The molecular formula is C18H29NO2. The molecule has 0 bridgehead atoms. The second kappa shape index (κ2) is 8.18. The zero-order chi connectivity index (χ0) is 16.0. The van der Waals surface area contributed by atoms with E-state index in [-0.39, 0.29) is 0 Å². The van der Waals surface area contributed by atoms with Crippen LogP contribution in [0.15, 0.2) is 24.3 Å². The third kappa shape index (κ3) is 6.30. The minimum atomic E-state index is -0.774. The van der Waals surface area contributed by atoms with Gasteiger partial charge in [0, 0.05) is 19.6 Å². The number of aliphatic carboxylic acids is 1. The van der Waals surface area contributed by atoms with Crippen molar-refractivity contribution in [2.75, 3.05) is 13.1 Å². The smallest absolute Gasteiger partial charge is 0.310 e. The van der Waals surface area contributed by atoms with Gasteiger partial charge in [-0.15, -0.1) is 0 Å². The molecule has 21 heavy (non-hydrogen) atoms. The third-order valence-corrected chi connectivity index (χ3v) is 3.50. The summed E-state index contributed by atoms with van der Waals surface area (Å²) in [4.78, 5) is 13.5. The van der Waals surface area contributed by atoms with Gasteiger partial charge in [0.15, 0.2) is 0 Å². The lowest BCUT2D eigenvalue weighted by Gasteiger charge is -2.26. The summed E-state index contributed by atoms with van der Waals surface area (Å²) < 4.78 is 0. The minimum absolute atomic E-state index is 0.443. The molecule has 1 rings (SSSR count). The minimum Gasteiger partial charge on any atom is -0.481 e. The van der Waals surface area contributed by atoms with Gasteiger partial charge >= 0.3 is 5.97 Å². The molecule has 3 nitrogen and oxygen atoms in total. The van der Waals surface area contributed by atoms with Gasteiger partial charge in [-0.2, -0.15) is 0 Å². The van der Waals surface area contributed by atoms with E-state index >= 15 is 0 Å². The molecule has 0 spiro atoms. The Bertz CT molecular complexity index is 427. The van der Waals surface area contributed by atoms with Crippen LogP contribution in [0, 0.1) is 11.8 Å². The summed E-state index contributed by atoms with van der Waals surface area (Å²) in [6, 6.07) is 8.00. The van der Waals surface area contributed by atoms with Crippen molar-refractivity contribution >= 4 is 5.97 Å². The highest BCUT2D eigenvalue weighted by atomic mass is 16.4. The number of carboxylic acids is 1. The van der Waals surface area contributed by atoms with Crippen molar-refractivity contribution < 1.29 is 9.90 Å². The molecule has 0 amide bonds. The summed E-state index contributed by atoms with van der Waals surface area (Å²) in [5, 5.41) is 9.04. The van der Waals surface area contributed by atoms with E-state index in [0.717, 1.165) is 25.2 Å². The number of rotatable bonds is 8. The Kier molecular flexibility index (Phi) is 6.90. The maximum atomic E-state index is 11.0. The van der Waals surface area contributed by atoms with Gasteiger partial charge in [0.25, 0.3) is 0 Å². The summed E-state index contributed by atoms with van der Waals surface area (Å²) in [7, 11) is 0. The number of carboxylic acid groups (broad SMARTS) is 1. The second-order valence-electron chi connectivity index (χ2n) is 6.78. The van der Waals surface area contributed by atoms with Gasteiger partial charge in [0.1, 0.15) is 0 Å². The predicted molar refractivity (Wildman–Crippen MR) is 87.4 cm³/mol. The Morgan fingerprint density at radius 2 is 1.48 bits per heavy atom. The summed E-state index contributed by atoms with van der Waals surface area (Å²) in [5.74, 6) is 0.0792. The van der Waals surface area contributed by atoms with Crippen LogP contribution < -0.4 is 0 Å². The topological polar surface area (TPSA) is 40.5 Å². The summed E-state index contributed by atoms with van der Waals surface area (Å²) >= 11 is 0. The van der Waals surface area contributed by atoms with Gasteiger partial charge < -0.3 is 5.11 Å². The first-order chi connectivity index (χ1) is 9.79. The molecule has 1 aromatic rings. The third-order valence-electron chi connectivity index (χ3n) is 3.50. The van der Waals surface area contributed by atoms with E-state index < -0.39 is 11.9 Å². The first kappa shape index (κ1) is 17.7. The predicted octanol–water partition coefficient (Wildman–Crippen LogP) is 3.99. The lowest BCUT2D eigenvalue weighted by Crippen LogP contribution is -2.30. The molecule has 0 fully saturated rings. The van der Waals surface area contributed by atoms with E-state index in [2.05, 4.69) is 44.7 Å². The molecule has 1 N–H and O–H groups in total. The SMILES string of the molecule is CC(C)CN(Cc1ccc(C(C)C(=O)O)cc1)CC(C)C. The van der Waals surface area contributed by atoms with E-state index in [4.69, 9.17) is 5.11 Å². The number of hydrogen-bond donors (Lipinski definition) is 1. The van der Waals surface area contributed by atoms with Gasteiger partial charge in [-0.1, -0.05) is 52.0 Å². The molecule has 0 aliphatic carbocycles. The fraction of sp³-hybridized carbons (Fsp3) is 0.611. The summed E-state index contributed by atoms with van der Waals surface area (Å²) in [5.41, 5.74) is 2.11. The average Bonchev–Trinajstić information content (AvgIpc) is 2.37. The van der Waals surface area contributed by atoms with Crippen LogP contribution in [0.25, 0.3) is 0 Å². The summed E-state index contributed by atoms with van der Waals surface area (Å²) in [6.45, 7) is 13.8. The van der Waals surface area contributed by atoms with E-state index in [1.165, 1.54) is 5.56 Å². The number of benzene rings is 1. The van der Waals surface area contributed by atoms with Crippen molar-refractivity contribution in [2.45, 2.75) is 47.1 Å². The van der Waals surface area contributed by atoms with Crippen LogP contribution >= 0.6 is 0 Å². The highest BCUT2D eigenvalue weighted by Crippen LogP contribution is 2.17. The van der Waals surface area contributed by atoms with E-state index in [9.17, 15) is 4.79 Å². The number of hydrogen-bond acceptors (Lipinski definition) is 2. The Hall–Kier alpha value is -1.35. The van der Waals surface area contributed by atoms with Gasteiger partial charge in [0.2, 0.25) is 0 Å². The highest BCUT2D eigenvalue weighted by Gasteiger charge is 2.14. The lowest BCUT2D eigenvalue weighted by atomic mass is 10.00. The van der Waals surface area contributed by atoms with Crippen molar-refractivity contribution in [3.8, 4) is 0 Å². The molecule has 0 saturated carbocycles. The number of nitrogens with zero attached hydrogens (tertiary/aromatic N) is 1. The normalized spacial score (nSPS) is 13.1. The Balaban J connectivity index is 2.73. The van der Waals surface area contributed by atoms with E-state index in [1.807, 2.05) is 12.1 Å². The largest absolute Gasteiger partial charge is 0.481 e. The van der Waals surface area contributed by atoms with Gasteiger partial charge in [-0.3, -0.25) is 9.69 Å². The fourth-order valence-electron chi connectivity index (χ4n) is 2.55. The molecule has 0 aromatic heterocycles. The lowest BCUT2D eigenvalue weighted by molar-refractivity contribution is -0.138. The molecule has 0 saturated heterocycles. The maximum absolute atomic E-state index is 11.0. The van der Waals surface area contributed by atoms with Crippen molar-refractivity contribution in [1.82, 2.24) is 4.90 Å². The highest BCUT2D eigenvalue weighted by molar-refractivity contribution is 5.75. The molecule has 0 aliphatic heterocycles. The van der Waals surface area contributed by atoms with E-state index in [0.29, 0.717) is 11.8 Å². The van der Waals surface area contributed by atoms with Crippen LogP contribution in [0.5, 0.6) is 0 Å². The Morgan fingerprint density at radius 3 is 1.86 bits per heavy atom. The molecule has 0 aliphatic rings. The van der Waals surface area contributed by atoms with Crippen molar-refractivity contribution in [3.63, 3.8) is 0 Å². The zero-order valence-corrected chi connectivity index (χ0v) is 14.0. The molecular weight excluding hydrogens is 262 g/mol. The van der Waals surface area contributed by atoms with Gasteiger partial charge in [-0.05, 0) is 29.9 Å². The monoisotopic (exact) mass is 291 g/mol. The van der Waals surface area contributed by atoms with Crippen molar-refractivity contribution in [2.24, 2.45) is 11.8 Å². The van der Waals surface area contributed by atoms with Crippen LogP contribution in [0.4, 0.5) is 0 Å². The van der Waals surface area contributed by atoms with Crippen LogP contribution in [-0.4, -0.2) is 29.1 Å². The second-order valence-corrected chi connectivity index (χ2v) is 6.78. The maximum Gasteiger partial charge on any atom is 0.310 e. The van der Waals surface area contributed by atoms with Crippen LogP contribution in [-0.2, 0) is 11.3 Å². The zero-order valence-electron chi connectivity index (χ0n) is 14.0. The first-order valence-corrected chi connectivity index (χ1v) is 7.83. The molecule has 3 heteroatoms.